The molecule has 1 aliphatic rings. The van der Waals surface area contributed by atoms with E-state index in [0.29, 0.717) is 47.9 Å². The fourth-order valence-electron chi connectivity index (χ4n) is 3.47. The van der Waals surface area contributed by atoms with Crippen molar-refractivity contribution in [3.63, 3.8) is 0 Å². The lowest BCUT2D eigenvalue weighted by atomic mass is 9.96. The number of hydrogen-bond acceptors (Lipinski definition) is 6. The van der Waals surface area contributed by atoms with E-state index in [2.05, 4.69) is 9.97 Å². The third-order valence-electron chi connectivity index (χ3n) is 5.04. The van der Waals surface area contributed by atoms with Crippen LogP contribution in [-0.4, -0.2) is 45.5 Å². The molecular formula is C19H20N4O3S. The van der Waals surface area contributed by atoms with Gasteiger partial charge in [0.1, 0.15) is 11.4 Å². The van der Waals surface area contributed by atoms with Crippen molar-refractivity contribution in [3.8, 4) is 5.75 Å². The van der Waals surface area contributed by atoms with Gasteiger partial charge in [-0.05, 0) is 30.9 Å². The van der Waals surface area contributed by atoms with E-state index >= 15 is 0 Å². The first-order chi connectivity index (χ1) is 13.2. The van der Waals surface area contributed by atoms with Gasteiger partial charge in [0.2, 0.25) is 0 Å². The van der Waals surface area contributed by atoms with Gasteiger partial charge in [0.05, 0.1) is 29.9 Å². The van der Waals surface area contributed by atoms with Gasteiger partial charge in [0.15, 0.2) is 0 Å². The number of hydrogen-bond donors (Lipinski definition) is 0. The second kappa shape index (κ2) is 7.48. The van der Waals surface area contributed by atoms with Gasteiger partial charge in [-0.15, -0.1) is 11.3 Å². The standard InChI is InChI=1S/C19H20N4O3S/c1-26-14-2-3-15-16(8-14)20-11-23(18(15)24)9-13-4-6-22(7-5-13)19(25)17-10-27-12-21-17/h2-3,8,10-13H,4-7,9H2,1H3. The van der Waals surface area contributed by atoms with E-state index < -0.39 is 0 Å². The van der Waals surface area contributed by atoms with E-state index in [1.54, 1.807) is 47.1 Å². The number of fused-ring (bicyclic) bond motifs is 1. The largest absolute Gasteiger partial charge is 0.497 e. The number of rotatable bonds is 4. The lowest BCUT2D eigenvalue weighted by molar-refractivity contribution is 0.0677. The van der Waals surface area contributed by atoms with Gasteiger partial charge in [-0.25, -0.2) is 9.97 Å². The van der Waals surface area contributed by atoms with Crippen molar-refractivity contribution in [1.29, 1.82) is 0 Å². The Morgan fingerprint density at radius 1 is 1.30 bits per heavy atom. The van der Waals surface area contributed by atoms with Crippen LogP contribution in [0.25, 0.3) is 10.9 Å². The molecule has 7 nitrogen and oxygen atoms in total. The zero-order valence-electron chi connectivity index (χ0n) is 15.0. The normalized spacial score (nSPS) is 15.2. The molecule has 8 heteroatoms. The first-order valence-electron chi connectivity index (χ1n) is 8.86. The smallest absolute Gasteiger partial charge is 0.273 e. The molecule has 2 aromatic heterocycles. The van der Waals surface area contributed by atoms with E-state index in [0.717, 1.165) is 12.8 Å². The number of nitrogens with zero attached hydrogens (tertiary/aromatic N) is 4. The minimum Gasteiger partial charge on any atom is -0.497 e. The average molecular weight is 384 g/mol. The molecule has 4 rings (SSSR count). The molecule has 1 saturated heterocycles. The van der Waals surface area contributed by atoms with Gasteiger partial charge in [0, 0.05) is 31.1 Å². The maximum Gasteiger partial charge on any atom is 0.273 e. The Morgan fingerprint density at radius 2 is 2.11 bits per heavy atom. The van der Waals surface area contributed by atoms with Crippen LogP contribution in [0.2, 0.25) is 0 Å². The predicted octanol–water partition coefficient (Wildman–Crippen LogP) is 2.41. The summed E-state index contributed by atoms with van der Waals surface area (Å²) < 4.78 is 6.86. The van der Waals surface area contributed by atoms with Crippen LogP contribution < -0.4 is 10.3 Å². The van der Waals surface area contributed by atoms with Gasteiger partial charge < -0.3 is 9.64 Å². The van der Waals surface area contributed by atoms with Crippen LogP contribution in [0.5, 0.6) is 5.75 Å². The lowest BCUT2D eigenvalue weighted by Gasteiger charge is -2.31. The molecule has 140 valence electrons. The second-order valence-electron chi connectivity index (χ2n) is 6.69. The molecule has 0 unspecified atom stereocenters. The summed E-state index contributed by atoms with van der Waals surface area (Å²) in [6.45, 7) is 1.99. The highest BCUT2D eigenvalue weighted by molar-refractivity contribution is 7.07. The van der Waals surface area contributed by atoms with Crippen LogP contribution in [0.3, 0.4) is 0 Å². The zero-order chi connectivity index (χ0) is 18.8. The summed E-state index contributed by atoms with van der Waals surface area (Å²) in [6, 6.07) is 5.30. The Balaban J connectivity index is 1.44. The summed E-state index contributed by atoms with van der Waals surface area (Å²) in [5.74, 6) is 1.03. The van der Waals surface area contributed by atoms with Crippen LogP contribution in [-0.2, 0) is 6.54 Å². The topological polar surface area (TPSA) is 77.3 Å². The average Bonchev–Trinajstić information content (AvgIpc) is 3.25. The van der Waals surface area contributed by atoms with Crippen molar-refractivity contribution in [2.45, 2.75) is 19.4 Å². The van der Waals surface area contributed by atoms with Crippen LogP contribution in [0, 0.1) is 5.92 Å². The number of carbonyl (C=O) groups is 1. The Labute approximate surface area is 160 Å². The Bertz CT molecular complexity index is 1010. The minimum absolute atomic E-state index is 0.00631. The van der Waals surface area contributed by atoms with E-state index in [1.807, 2.05) is 4.90 Å². The first kappa shape index (κ1) is 17.7. The number of piperidine rings is 1. The molecule has 1 aliphatic heterocycles. The molecule has 3 aromatic rings. The SMILES string of the molecule is COc1ccc2c(=O)n(CC3CCN(C(=O)c4cscn4)CC3)cnc2c1. The molecule has 1 aromatic carbocycles. The van der Waals surface area contributed by atoms with E-state index in [4.69, 9.17) is 4.74 Å². The maximum absolute atomic E-state index is 12.7. The van der Waals surface area contributed by atoms with Gasteiger partial charge in [-0.2, -0.15) is 0 Å². The second-order valence-corrected chi connectivity index (χ2v) is 7.41. The van der Waals surface area contributed by atoms with Crippen LogP contribution in [0.15, 0.2) is 40.2 Å². The highest BCUT2D eigenvalue weighted by Gasteiger charge is 2.25. The highest BCUT2D eigenvalue weighted by atomic mass is 32.1. The van der Waals surface area contributed by atoms with Crippen LogP contribution in [0.4, 0.5) is 0 Å². The number of amides is 1. The molecule has 27 heavy (non-hydrogen) atoms. The van der Waals surface area contributed by atoms with Crippen molar-refractivity contribution in [3.05, 3.63) is 51.5 Å². The third kappa shape index (κ3) is 3.57. The molecule has 3 heterocycles. The number of thiazole rings is 1. The van der Waals surface area contributed by atoms with E-state index in [-0.39, 0.29) is 11.5 Å². The fraction of sp³-hybridized carbons (Fsp3) is 0.368. The first-order valence-corrected chi connectivity index (χ1v) is 9.80. The molecule has 0 spiro atoms. The molecule has 0 bridgehead atoms. The highest BCUT2D eigenvalue weighted by Crippen LogP contribution is 2.21. The molecule has 0 atom stereocenters. The van der Waals surface area contributed by atoms with Crippen LogP contribution >= 0.6 is 11.3 Å². The number of benzene rings is 1. The number of aromatic nitrogens is 3. The molecule has 1 amide bonds. The monoisotopic (exact) mass is 384 g/mol. The number of ether oxygens (including phenoxy) is 1. The minimum atomic E-state index is -0.0383. The molecule has 0 N–H and O–H groups in total. The molecule has 0 radical (unpaired) electrons. The van der Waals surface area contributed by atoms with Crippen molar-refractivity contribution in [2.75, 3.05) is 20.2 Å². The maximum atomic E-state index is 12.7. The van der Waals surface area contributed by atoms with Gasteiger partial charge in [-0.1, -0.05) is 0 Å². The summed E-state index contributed by atoms with van der Waals surface area (Å²) in [5, 5.41) is 2.37. The Hall–Kier alpha value is -2.74. The van der Waals surface area contributed by atoms with E-state index in [9.17, 15) is 9.59 Å². The lowest BCUT2D eigenvalue weighted by Crippen LogP contribution is -2.40. The quantitative estimate of drug-likeness (QED) is 0.690. The van der Waals surface area contributed by atoms with Crippen molar-refractivity contribution in [1.82, 2.24) is 19.4 Å². The molecule has 0 aliphatic carbocycles. The van der Waals surface area contributed by atoms with Crippen molar-refractivity contribution in [2.24, 2.45) is 5.92 Å². The summed E-state index contributed by atoms with van der Waals surface area (Å²) in [5.41, 5.74) is 2.79. The van der Waals surface area contributed by atoms with Gasteiger partial charge >= 0.3 is 0 Å². The summed E-state index contributed by atoms with van der Waals surface area (Å²) in [7, 11) is 1.59. The summed E-state index contributed by atoms with van der Waals surface area (Å²) in [6.07, 6.45) is 3.34. The van der Waals surface area contributed by atoms with Crippen LogP contribution in [0.1, 0.15) is 23.3 Å². The number of carbonyl (C=O) groups excluding carboxylic acids is 1. The fourth-order valence-corrected chi connectivity index (χ4v) is 4.00. The van der Waals surface area contributed by atoms with Crippen molar-refractivity contribution >= 4 is 28.1 Å². The Morgan fingerprint density at radius 3 is 2.81 bits per heavy atom. The van der Waals surface area contributed by atoms with Gasteiger partial charge in [0.25, 0.3) is 11.5 Å². The zero-order valence-corrected chi connectivity index (χ0v) is 15.8. The number of likely N-dealkylation sites (tertiary alicyclic amines) is 1. The third-order valence-corrected chi connectivity index (χ3v) is 5.63. The summed E-state index contributed by atoms with van der Waals surface area (Å²) >= 11 is 1.43. The van der Waals surface area contributed by atoms with Gasteiger partial charge in [-0.3, -0.25) is 14.2 Å². The van der Waals surface area contributed by atoms with E-state index in [1.165, 1.54) is 11.3 Å². The Kier molecular flexibility index (Phi) is 4.89. The molecule has 0 saturated carbocycles. The van der Waals surface area contributed by atoms with Crippen molar-refractivity contribution < 1.29 is 9.53 Å². The predicted molar refractivity (Wildman–Crippen MR) is 103 cm³/mol. The molecule has 1 fully saturated rings. The molecular weight excluding hydrogens is 364 g/mol. The summed E-state index contributed by atoms with van der Waals surface area (Å²) in [4.78, 5) is 35.5. The number of methoxy groups -OCH3 is 1.